The van der Waals surface area contributed by atoms with Crippen LogP contribution in [0.3, 0.4) is 0 Å². The predicted octanol–water partition coefficient (Wildman–Crippen LogP) is 1.52. The smallest absolute Gasteiger partial charge is 0.191 e. The van der Waals surface area contributed by atoms with Crippen LogP contribution in [0.1, 0.15) is 31.1 Å². The molecule has 0 amide bonds. The molecule has 1 aromatic rings. The van der Waals surface area contributed by atoms with Crippen LogP contribution in [-0.4, -0.2) is 27.2 Å². The van der Waals surface area contributed by atoms with E-state index in [0.29, 0.717) is 19.0 Å². The van der Waals surface area contributed by atoms with Crippen molar-refractivity contribution in [1.29, 1.82) is 0 Å². The van der Waals surface area contributed by atoms with Crippen molar-refractivity contribution in [1.82, 2.24) is 14.8 Å². The molecule has 2 rings (SSSR count). The Kier molecular flexibility index (Phi) is 3.58. The molecule has 0 saturated heterocycles. The molecule has 0 aliphatic heterocycles. The third-order valence-electron chi connectivity index (χ3n) is 2.34. The van der Waals surface area contributed by atoms with E-state index in [0.717, 1.165) is 16.7 Å². The second kappa shape index (κ2) is 4.94. The van der Waals surface area contributed by atoms with E-state index in [9.17, 15) is 4.39 Å². The van der Waals surface area contributed by atoms with Gasteiger partial charge in [0.15, 0.2) is 5.16 Å². The zero-order valence-electron chi connectivity index (χ0n) is 8.53. The molecule has 4 nitrogen and oxygen atoms in total. The second-order valence-electron chi connectivity index (χ2n) is 3.60. The molecule has 1 heterocycles. The molecule has 84 valence electrons. The van der Waals surface area contributed by atoms with Crippen LogP contribution < -0.4 is 5.73 Å². The van der Waals surface area contributed by atoms with Gasteiger partial charge in [-0.05, 0) is 19.3 Å². The SMILES string of the molecule is NCc1nnc(SCCCF)n1C1CC1. The fourth-order valence-electron chi connectivity index (χ4n) is 1.46. The van der Waals surface area contributed by atoms with Crippen LogP contribution >= 0.6 is 11.8 Å². The zero-order valence-corrected chi connectivity index (χ0v) is 9.34. The van der Waals surface area contributed by atoms with Gasteiger partial charge in [0.05, 0.1) is 13.2 Å². The van der Waals surface area contributed by atoms with E-state index in [1.165, 1.54) is 12.8 Å². The lowest BCUT2D eigenvalue weighted by Gasteiger charge is -2.06. The van der Waals surface area contributed by atoms with Crippen LogP contribution in [0.5, 0.6) is 0 Å². The van der Waals surface area contributed by atoms with Gasteiger partial charge >= 0.3 is 0 Å². The molecule has 2 N–H and O–H groups in total. The molecule has 1 aromatic heterocycles. The molecule has 0 aromatic carbocycles. The highest BCUT2D eigenvalue weighted by Gasteiger charge is 2.28. The Hall–Kier alpha value is -0.620. The zero-order chi connectivity index (χ0) is 10.7. The summed E-state index contributed by atoms with van der Waals surface area (Å²) in [5.41, 5.74) is 5.59. The number of halogens is 1. The lowest BCUT2D eigenvalue weighted by molar-refractivity contribution is 0.489. The predicted molar refractivity (Wildman–Crippen MR) is 57.5 cm³/mol. The highest BCUT2D eigenvalue weighted by atomic mass is 32.2. The third-order valence-corrected chi connectivity index (χ3v) is 3.37. The molecule has 0 radical (unpaired) electrons. The Morgan fingerprint density at radius 1 is 1.47 bits per heavy atom. The molecule has 0 bridgehead atoms. The van der Waals surface area contributed by atoms with Crippen molar-refractivity contribution in [2.45, 2.75) is 37.0 Å². The average molecular weight is 230 g/mol. The summed E-state index contributed by atoms with van der Waals surface area (Å²) in [6.45, 7) is 0.154. The molecule has 1 fully saturated rings. The van der Waals surface area contributed by atoms with Gasteiger partial charge in [0.1, 0.15) is 5.82 Å². The minimum Gasteiger partial charge on any atom is -0.324 e. The normalized spacial score (nSPS) is 15.9. The van der Waals surface area contributed by atoms with E-state index < -0.39 is 0 Å². The first-order valence-corrected chi connectivity index (χ1v) is 6.18. The lowest BCUT2D eigenvalue weighted by atomic mass is 10.5. The summed E-state index contributed by atoms with van der Waals surface area (Å²) < 4.78 is 14.1. The monoisotopic (exact) mass is 230 g/mol. The van der Waals surface area contributed by atoms with Crippen LogP contribution in [0, 0.1) is 0 Å². The van der Waals surface area contributed by atoms with Crippen LogP contribution in [0.15, 0.2) is 5.16 Å². The standard InChI is InChI=1S/C9H15FN4S/c10-4-1-5-15-9-13-12-8(6-11)14(9)7-2-3-7/h7H,1-6,11H2. The molecule has 1 aliphatic carbocycles. The second-order valence-corrected chi connectivity index (χ2v) is 4.66. The van der Waals surface area contributed by atoms with Crippen LogP contribution in [0.4, 0.5) is 4.39 Å². The van der Waals surface area contributed by atoms with Crippen LogP contribution in [0.2, 0.25) is 0 Å². The van der Waals surface area contributed by atoms with Crippen molar-refractivity contribution in [3.8, 4) is 0 Å². The fraction of sp³-hybridized carbons (Fsp3) is 0.778. The van der Waals surface area contributed by atoms with Gasteiger partial charge in [0.25, 0.3) is 0 Å². The number of hydrogen-bond donors (Lipinski definition) is 1. The average Bonchev–Trinajstić information content (AvgIpc) is 3.00. The van der Waals surface area contributed by atoms with Gasteiger partial charge in [-0.15, -0.1) is 10.2 Å². The molecule has 1 saturated carbocycles. The van der Waals surface area contributed by atoms with Crippen molar-refractivity contribution in [3.05, 3.63) is 5.82 Å². The highest BCUT2D eigenvalue weighted by molar-refractivity contribution is 7.99. The Bertz CT molecular complexity index is 324. The minimum absolute atomic E-state index is 0.270. The fourth-order valence-corrected chi connectivity index (χ4v) is 2.39. The van der Waals surface area contributed by atoms with E-state index in [1.807, 2.05) is 0 Å². The molecule has 15 heavy (non-hydrogen) atoms. The van der Waals surface area contributed by atoms with Crippen LogP contribution in [-0.2, 0) is 6.54 Å². The van der Waals surface area contributed by atoms with Gasteiger partial charge in [-0.2, -0.15) is 0 Å². The number of thioether (sulfide) groups is 1. The molecule has 0 atom stereocenters. The maximum Gasteiger partial charge on any atom is 0.191 e. The number of hydrogen-bond acceptors (Lipinski definition) is 4. The minimum atomic E-state index is -0.270. The van der Waals surface area contributed by atoms with Gasteiger partial charge in [0.2, 0.25) is 0 Å². The van der Waals surface area contributed by atoms with Crippen LogP contribution in [0.25, 0.3) is 0 Å². The van der Waals surface area contributed by atoms with E-state index in [4.69, 9.17) is 5.73 Å². The molecular formula is C9H15FN4S. The van der Waals surface area contributed by atoms with Gasteiger partial charge in [0, 0.05) is 11.8 Å². The Morgan fingerprint density at radius 3 is 2.87 bits per heavy atom. The van der Waals surface area contributed by atoms with Crippen molar-refractivity contribution < 1.29 is 4.39 Å². The summed E-state index contributed by atoms with van der Waals surface area (Å²) in [7, 11) is 0. The first-order chi connectivity index (χ1) is 7.36. The molecular weight excluding hydrogens is 215 g/mol. The summed E-state index contributed by atoms with van der Waals surface area (Å²) in [5.74, 6) is 1.60. The maximum absolute atomic E-state index is 12.0. The van der Waals surface area contributed by atoms with Gasteiger partial charge in [-0.3, -0.25) is 4.39 Å². The van der Waals surface area contributed by atoms with Crippen molar-refractivity contribution in [3.63, 3.8) is 0 Å². The number of alkyl halides is 1. The quantitative estimate of drug-likeness (QED) is 0.594. The largest absolute Gasteiger partial charge is 0.324 e. The van der Waals surface area contributed by atoms with Gasteiger partial charge in [-0.25, -0.2) is 0 Å². The number of rotatable bonds is 6. The number of nitrogens with two attached hydrogens (primary N) is 1. The summed E-state index contributed by atoms with van der Waals surface area (Å²) in [4.78, 5) is 0. The summed E-state index contributed by atoms with van der Waals surface area (Å²) in [5, 5.41) is 9.04. The molecule has 0 unspecified atom stereocenters. The Labute approximate surface area is 92.4 Å². The number of nitrogens with zero attached hydrogens (tertiary/aromatic N) is 3. The summed E-state index contributed by atoms with van der Waals surface area (Å²) in [6, 6.07) is 0.534. The van der Waals surface area contributed by atoms with Crippen molar-refractivity contribution in [2.24, 2.45) is 5.73 Å². The van der Waals surface area contributed by atoms with E-state index in [-0.39, 0.29) is 6.67 Å². The van der Waals surface area contributed by atoms with Crippen molar-refractivity contribution in [2.75, 3.05) is 12.4 Å². The highest BCUT2D eigenvalue weighted by Crippen LogP contribution is 2.38. The molecule has 1 aliphatic rings. The first-order valence-electron chi connectivity index (χ1n) is 5.19. The van der Waals surface area contributed by atoms with E-state index >= 15 is 0 Å². The topological polar surface area (TPSA) is 56.7 Å². The van der Waals surface area contributed by atoms with Gasteiger partial charge in [-0.1, -0.05) is 11.8 Å². The first kappa shape index (κ1) is 10.9. The van der Waals surface area contributed by atoms with E-state index in [2.05, 4.69) is 14.8 Å². The van der Waals surface area contributed by atoms with Gasteiger partial charge < -0.3 is 10.3 Å². The number of aromatic nitrogens is 3. The van der Waals surface area contributed by atoms with E-state index in [1.54, 1.807) is 11.8 Å². The summed E-state index contributed by atoms with van der Waals surface area (Å²) in [6.07, 6.45) is 2.93. The maximum atomic E-state index is 12.0. The molecule has 0 spiro atoms. The summed E-state index contributed by atoms with van der Waals surface area (Å²) >= 11 is 1.57. The Balaban J connectivity index is 2.05. The Morgan fingerprint density at radius 2 is 2.27 bits per heavy atom. The molecule has 6 heteroatoms. The lowest BCUT2D eigenvalue weighted by Crippen LogP contribution is -2.08. The third kappa shape index (κ3) is 2.49. The van der Waals surface area contributed by atoms with Crippen molar-refractivity contribution >= 4 is 11.8 Å².